The maximum Gasteiger partial charge on any atom is 0.315 e. The molecule has 0 radical (unpaired) electrons. The lowest BCUT2D eigenvalue weighted by atomic mass is 9.78. The molecule has 6 nitrogen and oxygen atoms in total. The Labute approximate surface area is 299 Å². The maximum atomic E-state index is 14.3. The van der Waals surface area contributed by atoms with Gasteiger partial charge < -0.3 is 23.7 Å². The van der Waals surface area contributed by atoms with Crippen molar-refractivity contribution in [3.05, 3.63) is 118 Å². The summed E-state index contributed by atoms with van der Waals surface area (Å²) in [4.78, 5) is 14.3. The zero-order valence-corrected chi connectivity index (χ0v) is 31.9. The highest BCUT2D eigenvalue weighted by Crippen LogP contribution is 2.60. The highest BCUT2D eigenvalue weighted by Gasteiger charge is 2.63. The minimum Gasteiger partial charge on any atom is -0.497 e. The third-order valence-electron chi connectivity index (χ3n) is 10.3. The summed E-state index contributed by atoms with van der Waals surface area (Å²) in [5.74, 6) is 2.30. The van der Waals surface area contributed by atoms with Crippen LogP contribution >= 0.6 is 0 Å². The van der Waals surface area contributed by atoms with Crippen LogP contribution in [0.15, 0.2) is 84.9 Å². The summed E-state index contributed by atoms with van der Waals surface area (Å²) in [5, 5.41) is 0. The van der Waals surface area contributed by atoms with E-state index in [1.54, 1.807) is 21.3 Å². The van der Waals surface area contributed by atoms with Crippen LogP contribution in [0.5, 0.6) is 23.0 Å². The van der Waals surface area contributed by atoms with E-state index in [0.717, 1.165) is 50.6 Å². The quantitative estimate of drug-likeness (QED) is 0.0894. The molecule has 2 unspecified atom stereocenters. The van der Waals surface area contributed by atoms with Gasteiger partial charge in [0, 0.05) is 17.0 Å². The lowest BCUT2D eigenvalue weighted by molar-refractivity contribution is -0.137. The number of ether oxygens (including phenoxy) is 5. The number of carbonyl (C=O) groups excluding carboxylic acids is 1. The van der Waals surface area contributed by atoms with Gasteiger partial charge in [-0.25, -0.2) is 0 Å². The fraction of sp³-hybridized carbons (Fsp3) is 0.432. The molecule has 0 bridgehead atoms. The van der Waals surface area contributed by atoms with Gasteiger partial charge in [-0.1, -0.05) is 109 Å². The smallest absolute Gasteiger partial charge is 0.315 e. The molecule has 5 rings (SSSR count). The van der Waals surface area contributed by atoms with Crippen LogP contribution < -0.4 is 18.9 Å². The first-order valence-corrected chi connectivity index (χ1v) is 17.4. The molecule has 2 atom stereocenters. The van der Waals surface area contributed by atoms with Gasteiger partial charge in [-0.2, -0.15) is 0 Å². The van der Waals surface area contributed by atoms with Crippen molar-refractivity contribution in [1.82, 2.24) is 0 Å². The second-order valence-electron chi connectivity index (χ2n) is 16.2. The van der Waals surface area contributed by atoms with E-state index >= 15 is 0 Å². The topological polar surface area (TPSA) is 63.2 Å². The van der Waals surface area contributed by atoms with Gasteiger partial charge in [0.25, 0.3) is 0 Å². The van der Waals surface area contributed by atoms with Crippen molar-refractivity contribution in [1.29, 1.82) is 0 Å². The van der Waals surface area contributed by atoms with Crippen molar-refractivity contribution in [2.24, 2.45) is 17.3 Å². The Morgan fingerprint density at radius 3 is 1.32 bits per heavy atom. The first kappa shape index (κ1) is 37.0. The Balaban J connectivity index is 1.55. The van der Waals surface area contributed by atoms with Crippen molar-refractivity contribution in [3.63, 3.8) is 0 Å². The fourth-order valence-corrected chi connectivity index (χ4v) is 7.13. The Morgan fingerprint density at radius 1 is 0.640 bits per heavy atom. The second-order valence-corrected chi connectivity index (χ2v) is 16.2. The van der Waals surface area contributed by atoms with Crippen LogP contribution in [0, 0.1) is 24.2 Å². The van der Waals surface area contributed by atoms with E-state index in [1.165, 1.54) is 0 Å². The predicted octanol–water partition coefficient (Wildman–Crippen LogP) is 9.80. The highest BCUT2D eigenvalue weighted by molar-refractivity contribution is 5.81. The predicted molar refractivity (Wildman–Crippen MR) is 200 cm³/mol. The molecule has 6 heteroatoms. The third-order valence-corrected chi connectivity index (χ3v) is 10.3. The fourth-order valence-electron chi connectivity index (χ4n) is 7.13. The van der Waals surface area contributed by atoms with Crippen LogP contribution in [0.4, 0.5) is 0 Å². The monoisotopic (exact) mass is 678 g/mol. The molecular formula is C44H54O6. The average molecular weight is 679 g/mol. The van der Waals surface area contributed by atoms with Gasteiger partial charge in [-0.15, -0.1) is 0 Å². The number of hydrogen-bond donors (Lipinski definition) is 0. The van der Waals surface area contributed by atoms with E-state index in [4.69, 9.17) is 23.7 Å². The zero-order valence-electron chi connectivity index (χ0n) is 31.9. The molecule has 0 spiro atoms. The van der Waals surface area contributed by atoms with E-state index in [2.05, 4.69) is 74.4 Å². The van der Waals surface area contributed by atoms with Gasteiger partial charge in [0.2, 0.25) is 0 Å². The number of benzene rings is 4. The van der Waals surface area contributed by atoms with Crippen LogP contribution in [0.3, 0.4) is 0 Å². The molecule has 1 saturated carbocycles. The number of methoxy groups -OCH3 is 3. The number of carbonyl (C=O) groups is 1. The van der Waals surface area contributed by atoms with Crippen molar-refractivity contribution in [2.45, 2.75) is 78.7 Å². The van der Waals surface area contributed by atoms with Crippen LogP contribution in [0.25, 0.3) is 0 Å². The van der Waals surface area contributed by atoms with E-state index in [9.17, 15) is 4.79 Å². The summed E-state index contributed by atoms with van der Waals surface area (Å²) in [6.45, 7) is 19.7. The van der Waals surface area contributed by atoms with Crippen molar-refractivity contribution >= 4 is 5.97 Å². The molecule has 0 aromatic heterocycles. The summed E-state index contributed by atoms with van der Waals surface area (Å²) in [6, 6.07) is 28.2. The minimum absolute atomic E-state index is 0.0780. The maximum absolute atomic E-state index is 14.3. The summed E-state index contributed by atoms with van der Waals surface area (Å²) < 4.78 is 30.3. The largest absolute Gasteiger partial charge is 0.497 e. The van der Waals surface area contributed by atoms with E-state index < -0.39 is 5.60 Å². The summed E-state index contributed by atoms with van der Waals surface area (Å²) >= 11 is 0. The first-order valence-electron chi connectivity index (χ1n) is 17.4. The second kappa shape index (κ2) is 13.8. The molecule has 1 aliphatic rings. The third kappa shape index (κ3) is 7.14. The molecular weight excluding hydrogens is 624 g/mol. The lowest BCUT2D eigenvalue weighted by Crippen LogP contribution is -2.34. The van der Waals surface area contributed by atoms with E-state index in [0.29, 0.717) is 12.4 Å². The van der Waals surface area contributed by atoms with E-state index in [-0.39, 0.29) is 34.1 Å². The van der Waals surface area contributed by atoms with Crippen molar-refractivity contribution in [3.8, 4) is 23.0 Å². The zero-order chi connectivity index (χ0) is 36.6. The van der Waals surface area contributed by atoms with Gasteiger partial charge in [0.05, 0.1) is 33.9 Å². The first-order chi connectivity index (χ1) is 23.5. The molecule has 4 aromatic carbocycles. The highest BCUT2D eigenvalue weighted by atomic mass is 16.5. The lowest BCUT2D eigenvalue weighted by Gasteiger charge is -2.36. The Kier molecular flexibility index (Phi) is 10.2. The molecule has 0 saturated heterocycles. The van der Waals surface area contributed by atoms with Crippen LogP contribution in [0.1, 0.15) is 88.8 Å². The van der Waals surface area contributed by atoms with Gasteiger partial charge in [-0.3, -0.25) is 4.79 Å². The number of aryl methyl sites for hydroxylation is 1. The summed E-state index contributed by atoms with van der Waals surface area (Å²) in [7, 11) is 4.98. The number of esters is 1. The van der Waals surface area contributed by atoms with Gasteiger partial charge in [0.1, 0.15) is 28.6 Å². The molecule has 0 aliphatic heterocycles. The standard InChI is InChI=1S/C44H54O6/c1-28-25-35(41(2,3)4)39(36(26-28)42(5,6)7)50-40(45)38-37(43(38,8)9)27-49-44(29-13-19-32(46-10)20-14-29,30-15-21-33(47-11)22-16-30)31-17-23-34(48-12)24-18-31/h13-26,37-38H,27H2,1-12H3. The van der Waals surface area contributed by atoms with Gasteiger partial charge in [-0.05, 0) is 76.3 Å². The molecule has 50 heavy (non-hydrogen) atoms. The number of hydrogen-bond acceptors (Lipinski definition) is 6. The number of rotatable bonds is 11. The Hall–Kier alpha value is -4.29. The molecule has 0 amide bonds. The Bertz CT molecular complexity index is 1640. The average Bonchev–Trinajstić information content (AvgIpc) is 3.64. The SMILES string of the molecule is COc1ccc(C(OCC2C(C(=O)Oc3c(C(C)(C)C)cc(C)cc3C(C)(C)C)C2(C)C)(c2ccc(OC)cc2)c2ccc(OC)cc2)cc1. The van der Waals surface area contributed by atoms with Gasteiger partial charge in [0.15, 0.2) is 0 Å². The Morgan fingerprint density at radius 2 is 1.00 bits per heavy atom. The van der Waals surface area contributed by atoms with E-state index in [1.807, 2.05) is 72.8 Å². The molecule has 1 fully saturated rings. The van der Waals surface area contributed by atoms with Crippen molar-refractivity contribution < 1.29 is 28.5 Å². The normalized spacial score (nSPS) is 17.2. The summed E-state index contributed by atoms with van der Waals surface area (Å²) in [5.41, 5.74) is 4.24. The van der Waals surface area contributed by atoms with Crippen LogP contribution in [0.2, 0.25) is 0 Å². The van der Waals surface area contributed by atoms with Crippen molar-refractivity contribution in [2.75, 3.05) is 27.9 Å². The van der Waals surface area contributed by atoms with Crippen LogP contribution in [-0.4, -0.2) is 33.9 Å². The molecule has 0 N–H and O–H groups in total. The van der Waals surface area contributed by atoms with Crippen LogP contribution in [-0.2, 0) is 26.0 Å². The molecule has 4 aromatic rings. The minimum atomic E-state index is -1.02. The summed E-state index contributed by atoms with van der Waals surface area (Å²) in [6.07, 6.45) is 0. The van der Waals surface area contributed by atoms with Gasteiger partial charge >= 0.3 is 5.97 Å². The molecule has 1 aliphatic carbocycles. The molecule has 266 valence electrons. The molecule has 0 heterocycles.